The quantitative estimate of drug-likeness (QED) is 0.785. The van der Waals surface area contributed by atoms with Gasteiger partial charge >= 0.3 is 6.09 Å². The minimum absolute atomic E-state index is 0.155. The third-order valence-corrected chi connectivity index (χ3v) is 5.58. The molecule has 24 heavy (non-hydrogen) atoms. The molecule has 0 aromatic heterocycles. The Hall–Kier alpha value is -0.890. The minimum Gasteiger partial charge on any atom is -0.444 e. The van der Waals surface area contributed by atoms with Crippen LogP contribution in [-0.2, 0) is 14.2 Å². The van der Waals surface area contributed by atoms with Crippen molar-refractivity contribution in [3.8, 4) is 0 Å². The van der Waals surface area contributed by atoms with Gasteiger partial charge in [0.05, 0.1) is 30.8 Å². The number of rotatable bonds is 2. The second kappa shape index (κ2) is 5.83. The molecular formula is C17H29NO6. The van der Waals surface area contributed by atoms with E-state index in [1.165, 1.54) is 0 Å². The van der Waals surface area contributed by atoms with Crippen LogP contribution in [0.5, 0.6) is 0 Å². The van der Waals surface area contributed by atoms with Crippen LogP contribution in [0.2, 0.25) is 0 Å². The van der Waals surface area contributed by atoms with E-state index >= 15 is 0 Å². The zero-order chi connectivity index (χ0) is 17.6. The molecule has 3 rings (SSSR count). The fourth-order valence-electron chi connectivity index (χ4n) is 4.04. The number of aliphatic hydroxyl groups excluding tert-OH is 1. The van der Waals surface area contributed by atoms with E-state index in [9.17, 15) is 15.0 Å². The van der Waals surface area contributed by atoms with E-state index in [0.717, 1.165) is 0 Å². The van der Waals surface area contributed by atoms with Crippen LogP contribution in [0.15, 0.2) is 0 Å². The highest BCUT2D eigenvalue weighted by Gasteiger charge is 2.61. The lowest BCUT2D eigenvalue weighted by atomic mass is 9.60. The highest BCUT2D eigenvalue weighted by molar-refractivity contribution is 5.69. The standard InChI is InChI=1S/C17H29NO6/c1-14(2,3)24-13(20)18-10-15(11-18,12-19)16(21)4-6-17(7-5-16)22-8-9-23-17/h19,21H,4-12H2,1-3H3. The molecule has 2 aliphatic heterocycles. The Bertz CT molecular complexity index is 478. The Morgan fingerprint density at radius 2 is 1.67 bits per heavy atom. The predicted octanol–water partition coefficient (Wildman–Crippen LogP) is 1.26. The lowest BCUT2D eigenvalue weighted by Gasteiger charge is -2.59. The normalized spacial score (nSPS) is 27.8. The SMILES string of the molecule is CC(C)(C)OC(=O)N1CC(CO)(C2(O)CCC3(CC2)OCCO3)C1. The monoisotopic (exact) mass is 343 g/mol. The molecule has 1 aliphatic carbocycles. The number of likely N-dealkylation sites (tertiary alicyclic amines) is 1. The second-order valence-electron chi connectivity index (χ2n) is 8.41. The van der Waals surface area contributed by atoms with Crippen LogP contribution in [0, 0.1) is 5.41 Å². The first-order valence-corrected chi connectivity index (χ1v) is 8.72. The number of nitrogens with zero attached hydrogens (tertiary/aromatic N) is 1. The Balaban J connectivity index is 1.62. The van der Waals surface area contributed by atoms with Crippen molar-refractivity contribution < 1.29 is 29.2 Å². The van der Waals surface area contributed by atoms with E-state index in [0.29, 0.717) is 52.0 Å². The van der Waals surface area contributed by atoms with Crippen molar-refractivity contribution >= 4 is 6.09 Å². The molecule has 138 valence electrons. The Morgan fingerprint density at radius 1 is 1.12 bits per heavy atom. The molecule has 1 spiro atoms. The lowest BCUT2D eigenvalue weighted by molar-refractivity contribution is -0.246. The number of aliphatic hydroxyl groups is 2. The van der Waals surface area contributed by atoms with Crippen LogP contribution in [0.4, 0.5) is 4.79 Å². The zero-order valence-corrected chi connectivity index (χ0v) is 14.8. The number of carbonyl (C=O) groups is 1. The second-order valence-corrected chi connectivity index (χ2v) is 8.41. The van der Waals surface area contributed by atoms with Crippen LogP contribution in [0.25, 0.3) is 0 Å². The van der Waals surface area contributed by atoms with Gasteiger partial charge in [-0.3, -0.25) is 0 Å². The van der Waals surface area contributed by atoms with Gasteiger partial charge in [-0.1, -0.05) is 0 Å². The van der Waals surface area contributed by atoms with Crippen molar-refractivity contribution in [1.82, 2.24) is 4.90 Å². The average molecular weight is 343 g/mol. The fourth-order valence-corrected chi connectivity index (χ4v) is 4.04. The van der Waals surface area contributed by atoms with Crippen molar-refractivity contribution in [3.05, 3.63) is 0 Å². The van der Waals surface area contributed by atoms with Crippen LogP contribution < -0.4 is 0 Å². The maximum absolute atomic E-state index is 12.1. The molecule has 2 saturated heterocycles. The number of hydrogen-bond acceptors (Lipinski definition) is 6. The summed E-state index contributed by atoms with van der Waals surface area (Å²) in [7, 11) is 0. The molecule has 1 saturated carbocycles. The van der Waals surface area contributed by atoms with Crippen molar-refractivity contribution in [2.24, 2.45) is 5.41 Å². The van der Waals surface area contributed by atoms with Gasteiger partial charge in [0.1, 0.15) is 5.60 Å². The summed E-state index contributed by atoms with van der Waals surface area (Å²) in [5, 5.41) is 21.1. The first-order chi connectivity index (χ1) is 11.1. The van der Waals surface area contributed by atoms with Crippen molar-refractivity contribution in [2.45, 2.75) is 63.4 Å². The van der Waals surface area contributed by atoms with Crippen molar-refractivity contribution in [2.75, 3.05) is 32.9 Å². The number of carbonyl (C=O) groups excluding carboxylic acids is 1. The molecule has 7 heteroatoms. The number of ether oxygens (including phenoxy) is 3. The summed E-state index contributed by atoms with van der Waals surface area (Å²) in [4.78, 5) is 13.7. The number of amides is 1. The molecule has 0 unspecified atom stereocenters. The molecule has 2 N–H and O–H groups in total. The number of hydrogen-bond donors (Lipinski definition) is 2. The maximum Gasteiger partial charge on any atom is 0.410 e. The molecule has 0 aromatic carbocycles. The predicted molar refractivity (Wildman–Crippen MR) is 85.4 cm³/mol. The third kappa shape index (κ3) is 3.03. The van der Waals surface area contributed by atoms with Gasteiger partial charge in [0.15, 0.2) is 5.79 Å². The van der Waals surface area contributed by atoms with E-state index in [1.807, 2.05) is 20.8 Å². The topological polar surface area (TPSA) is 88.5 Å². The summed E-state index contributed by atoms with van der Waals surface area (Å²) in [6, 6.07) is 0. The molecule has 0 radical (unpaired) electrons. The largest absolute Gasteiger partial charge is 0.444 e. The maximum atomic E-state index is 12.1. The van der Waals surface area contributed by atoms with E-state index in [-0.39, 0.29) is 6.61 Å². The van der Waals surface area contributed by atoms with E-state index < -0.39 is 28.5 Å². The average Bonchev–Trinajstić information content (AvgIpc) is 2.89. The summed E-state index contributed by atoms with van der Waals surface area (Å²) in [5.74, 6) is -0.558. The van der Waals surface area contributed by atoms with E-state index in [1.54, 1.807) is 4.90 Å². The molecule has 3 fully saturated rings. The van der Waals surface area contributed by atoms with E-state index in [2.05, 4.69) is 0 Å². The molecule has 0 bridgehead atoms. The van der Waals surface area contributed by atoms with Crippen molar-refractivity contribution in [3.63, 3.8) is 0 Å². The van der Waals surface area contributed by atoms with Crippen LogP contribution in [0.1, 0.15) is 46.5 Å². The molecule has 0 aromatic rings. The van der Waals surface area contributed by atoms with Gasteiger partial charge in [0.2, 0.25) is 0 Å². The summed E-state index contributed by atoms with van der Waals surface area (Å²) in [5.41, 5.74) is -2.26. The van der Waals surface area contributed by atoms with Crippen molar-refractivity contribution in [1.29, 1.82) is 0 Å². The van der Waals surface area contributed by atoms with Crippen LogP contribution in [-0.4, -0.2) is 71.1 Å². The summed E-state index contributed by atoms with van der Waals surface area (Å²) < 4.78 is 16.8. The lowest BCUT2D eigenvalue weighted by Crippen LogP contribution is -2.71. The summed E-state index contributed by atoms with van der Waals surface area (Å²) >= 11 is 0. The van der Waals surface area contributed by atoms with Crippen LogP contribution >= 0.6 is 0 Å². The van der Waals surface area contributed by atoms with Crippen LogP contribution in [0.3, 0.4) is 0 Å². The summed E-state index contributed by atoms with van der Waals surface area (Å²) in [6.45, 7) is 7.11. The van der Waals surface area contributed by atoms with Gasteiger partial charge in [-0.15, -0.1) is 0 Å². The highest BCUT2D eigenvalue weighted by Crippen LogP contribution is 2.51. The first-order valence-electron chi connectivity index (χ1n) is 8.72. The van der Waals surface area contributed by atoms with Gasteiger partial charge in [-0.2, -0.15) is 0 Å². The molecular weight excluding hydrogens is 314 g/mol. The van der Waals surface area contributed by atoms with Gasteiger partial charge in [-0.05, 0) is 33.6 Å². The van der Waals surface area contributed by atoms with E-state index in [4.69, 9.17) is 14.2 Å². The molecule has 3 aliphatic rings. The molecule has 0 atom stereocenters. The van der Waals surface area contributed by atoms with Gasteiger partial charge in [0.25, 0.3) is 0 Å². The fraction of sp³-hybridized carbons (Fsp3) is 0.941. The molecule has 2 heterocycles. The smallest absolute Gasteiger partial charge is 0.410 e. The molecule has 7 nitrogen and oxygen atoms in total. The molecule has 1 amide bonds. The Labute approximate surface area is 142 Å². The van der Waals surface area contributed by atoms with Gasteiger partial charge in [0, 0.05) is 25.9 Å². The summed E-state index contributed by atoms with van der Waals surface area (Å²) in [6.07, 6.45) is 1.81. The Morgan fingerprint density at radius 3 is 2.12 bits per heavy atom. The highest BCUT2D eigenvalue weighted by atomic mass is 16.7. The Kier molecular flexibility index (Phi) is 4.35. The minimum atomic E-state index is -1.01. The van der Waals surface area contributed by atoms with Gasteiger partial charge in [-0.25, -0.2) is 4.79 Å². The third-order valence-electron chi connectivity index (χ3n) is 5.58. The zero-order valence-electron chi connectivity index (χ0n) is 14.8. The first kappa shape index (κ1) is 17.9. The van der Waals surface area contributed by atoms with Gasteiger partial charge < -0.3 is 29.3 Å².